The number of nitrogens with one attached hydrogen (secondary N) is 2. The van der Waals surface area contributed by atoms with Gasteiger partial charge in [-0.15, -0.1) is 21.5 Å². The van der Waals surface area contributed by atoms with E-state index in [-0.39, 0.29) is 22.8 Å². The molecule has 0 aliphatic rings. The molecule has 0 spiro atoms. The highest BCUT2D eigenvalue weighted by atomic mass is 32.2. The molecule has 3 heterocycles. The number of sulfonamides is 1. The summed E-state index contributed by atoms with van der Waals surface area (Å²) in [4.78, 5) is 5.11. The van der Waals surface area contributed by atoms with Gasteiger partial charge in [0.2, 0.25) is 15.8 Å². The molecule has 0 saturated heterocycles. The topological polar surface area (TPSA) is 114 Å². The molecule has 0 unspecified atom stereocenters. The van der Waals surface area contributed by atoms with E-state index in [2.05, 4.69) is 30.3 Å². The molecule has 0 bridgehead atoms. The second kappa shape index (κ2) is 7.54. The largest absolute Gasteiger partial charge is 0.264 e. The van der Waals surface area contributed by atoms with Crippen LogP contribution in [0, 0.1) is 5.82 Å². The van der Waals surface area contributed by atoms with Crippen LogP contribution >= 0.6 is 11.3 Å². The molecule has 2 N–H and O–H groups in total. The van der Waals surface area contributed by atoms with E-state index in [0.29, 0.717) is 5.56 Å². The summed E-state index contributed by atoms with van der Waals surface area (Å²) in [5, 5.41) is 14.9. The van der Waals surface area contributed by atoms with Gasteiger partial charge < -0.3 is 0 Å². The molecule has 0 saturated carbocycles. The van der Waals surface area contributed by atoms with Crippen molar-refractivity contribution < 1.29 is 12.8 Å². The molecule has 0 atom stereocenters. The first-order valence-corrected chi connectivity index (χ1v) is 10.4. The van der Waals surface area contributed by atoms with Gasteiger partial charge in [0.05, 0.1) is 10.5 Å². The summed E-state index contributed by atoms with van der Waals surface area (Å²) in [6.45, 7) is 0.0451. The van der Waals surface area contributed by atoms with Gasteiger partial charge in [0.15, 0.2) is 0 Å². The fourth-order valence-electron chi connectivity index (χ4n) is 2.54. The van der Waals surface area contributed by atoms with Gasteiger partial charge >= 0.3 is 0 Å². The third kappa shape index (κ3) is 3.81. The first kappa shape index (κ1) is 18.3. The third-order valence-corrected chi connectivity index (χ3v) is 6.22. The SMILES string of the molecule is O=S(=O)(NCc1cncc(-c2cccs2)c1)c1ccc(F)c(-c2nn[nH]n2)c1. The van der Waals surface area contributed by atoms with Crippen molar-refractivity contribution in [1.82, 2.24) is 30.3 Å². The number of hydrogen-bond donors (Lipinski definition) is 2. The Kier molecular flexibility index (Phi) is 4.94. The molecule has 0 radical (unpaired) electrons. The number of halogens is 1. The molecule has 3 aromatic heterocycles. The smallest absolute Gasteiger partial charge is 0.240 e. The molecule has 1 aromatic carbocycles. The maximum Gasteiger partial charge on any atom is 0.240 e. The van der Waals surface area contributed by atoms with Crippen LogP contribution in [-0.2, 0) is 16.6 Å². The van der Waals surface area contributed by atoms with E-state index in [1.54, 1.807) is 23.7 Å². The van der Waals surface area contributed by atoms with E-state index in [1.165, 1.54) is 12.1 Å². The van der Waals surface area contributed by atoms with E-state index in [0.717, 1.165) is 16.5 Å². The van der Waals surface area contributed by atoms with Gasteiger partial charge in [0.1, 0.15) is 5.82 Å². The van der Waals surface area contributed by atoms with Gasteiger partial charge in [-0.3, -0.25) is 4.98 Å². The monoisotopic (exact) mass is 416 g/mol. The van der Waals surface area contributed by atoms with Gasteiger partial charge in [-0.05, 0) is 46.5 Å². The van der Waals surface area contributed by atoms with Crippen molar-refractivity contribution in [3.8, 4) is 21.8 Å². The maximum atomic E-state index is 14.0. The third-order valence-electron chi connectivity index (χ3n) is 3.90. The maximum absolute atomic E-state index is 14.0. The number of hydrogen-bond acceptors (Lipinski definition) is 7. The normalized spacial score (nSPS) is 11.6. The van der Waals surface area contributed by atoms with Gasteiger partial charge in [0, 0.05) is 29.4 Å². The van der Waals surface area contributed by atoms with E-state index in [4.69, 9.17) is 0 Å². The zero-order valence-corrected chi connectivity index (χ0v) is 15.8. The highest BCUT2D eigenvalue weighted by molar-refractivity contribution is 7.89. The molecule has 0 aliphatic carbocycles. The van der Waals surface area contributed by atoms with Gasteiger partial charge in [-0.2, -0.15) is 5.21 Å². The summed E-state index contributed by atoms with van der Waals surface area (Å²) in [5.41, 5.74) is 1.56. The molecule has 4 aromatic rings. The quantitative estimate of drug-likeness (QED) is 0.499. The molecule has 11 heteroatoms. The second-order valence-corrected chi connectivity index (χ2v) is 8.48. The number of pyridine rings is 1. The van der Waals surface area contributed by atoms with Crippen molar-refractivity contribution in [3.63, 3.8) is 0 Å². The lowest BCUT2D eigenvalue weighted by molar-refractivity contribution is 0.580. The van der Waals surface area contributed by atoms with Crippen molar-refractivity contribution in [1.29, 1.82) is 0 Å². The number of rotatable bonds is 6. The fourth-order valence-corrected chi connectivity index (χ4v) is 4.29. The van der Waals surface area contributed by atoms with E-state index in [1.807, 2.05) is 23.6 Å². The summed E-state index contributed by atoms with van der Waals surface area (Å²) in [7, 11) is -3.88. The molecule has 0 aliphatic heterocycles. The summed E-state index contributed by atoms with van der Waals surface area (Å²) >= 11 is 1.57. The molecular weight excluding hydrogens is 403 g/mol. The van der Waals surface area contributed by atoms with Gasteiger partial charge in [0.25, 0.3) is 0 Å². The van der Waals surface area contributed by atoms with Crippen LogP contribution in [0.5, 0.6) is 0 Å². The average Bonchev–Trinajstić information content (AvgIpc) is 3.41. The standard InChI is InChI=1S/C17H13FN6O2S2/c18-15-4-3-13(7-14(15)17-21-23-24-22-17)28(25,26)20-9-11-6-12(10-19-8-11)16-2-1-5-27-16/h1-8,10,20H,9H2,(H,21,22,23,24). The minimum atomic E-state index is -3.88. The highest BCUT2D eigenvalue weighted by Gasteiger charge is 2.18. The Balaban J connectivity index is 1.56. The number of thiophene rings is 1. The van der Waals surface area contributed by atoms with Crippen molar-refractivity contribution in [2.75, 3.05) is 0 Å². The Morgan fingerprint density at radius 1 is 1.18 bits per heavy atom. The number of aromatic amines is 1. The number of tetrazole rings is 1. The minimum Gasteiger partial charge on any atom is -0.264 e. The van der Waals surface area contributed by atoms with Crippen LogP contribution in [-0.4, -0.2) is 34.0 Å². The zero-order valence-electron chi connectivity index (χ0n) is 14.2. The Morgan fingerprint density at radius 2 is 2.07 bits per heavy atom. The Labute approximate surface area is 163 Å². The molecule has 4 rings (SSSR count). The summed E-state index contributed by atoms with van der Waals surface area (Å²) in [5.74, 6) is -0.671. The first-order chi connectivity index (χ1) is 13.5. The van der Waals surface area contributed by atoms with Crippen molar-refractivity contribution in [3.05, 3.63) is 65.6 Å². The van der Waals surface area contributed by atoms with Gasteiger partial charge in [-0.1, -0.05) is 6.07 Å². The van der Waals surface area contributed by atoms with E-state index >= 15 is 0 Å². The fraction of sp³-hybridized carbons (Fsp3) is 0.0588. The molecule has 142 valence electrons. The lowest BCUT2D eigenvalue weighted by Crippen LogP contribution is -2.23. The van der Waals surface area contributed by atoms with Crippen LogP contribution in [0.2, 0.25) is 0 Å². The number of benzene rings is 1. The molecule has 8 nitrogen and oxygen atoms in total. The molecule has 0 amide bonds. The van der Waals surface area contributed by atoms with E-state index in [9.17, 15) is 12.8 Å². The van der Waals surface area contributed by atoms with Crippen molar-refractivity contribution >= 4 is 21.4 Å². The minimum absolute atomic E-state index is 0.0256. The summed E-state index contributed by atoms with van der Waals surface area (Å²) < 4.78 is 41.8. The number of aromatic nitrogens is 5. The molecule has 0 fully saturated rings. The predicted molar refractivity (Wildman–Crippen MR) is 101 cm³/mol. The zero-order chi connectivity index (χ0) is 19.6. The molecular formula is C17H13FN6O2S2. The van der Waals surface area contributed by atoms with Gasteiger partial charge in [-0.25, -0.2) is 17.5 Å². The van der Waals surface area contributed by atoms with E-state index < -0.39 is 15.8 Å². The van der Waals surface area contributed by atoms with Crippen LogP contribution in [0.4, 0.5) is 4.39 Å². The molecule has 28 heavy (non-hydrogen) atoms. The van der Waals surface area contributed by atoms with Crippen molar-refractivity contribution in [2.45, 2.75) is 11.4 Å². The van der Waals surface area contributed by atoms with Crippen LogP contribution in [0.3, 0.4) is 0 Å². The van der Waals surface area contributed by atoms with Crippen LogP contribution < -0.4 is 4.72 Å². The lowest BCUT2D eigenvalue weighted by atomic mass is 10.2. The second-order valence-electron chi connectivity index (χ2n) is 5.76. The first-order valence-electron chi connectivity index (χ1n) is 8.04. The van der Waals surface area contributed by atoms with Crippen LogP contribution in [0.25, 0.3) is 21.8 Å². The number of nitrogens with zero attached hydrogens (tertiary/aromatic N) is 4. The average molecular weight is 416 g/mol. The van der Waals surface area contributed by atoms with Crippen molar-refractivity contribution in [2.24, 2.45) is 0 Å². The predicted octanol–water partition coefficient (Wildman–Crippen LogP) is 2.61. The Hall–Kier alpha value is -3.02. The Morgan fingerprint density at radius 3 is 2.82 bits per heavy atom. The summed E-state index contributed by atoms with van der Waals surface area (Å²) in [6.07, 6.45) is 3.32. The van der Waals surface area contributed by atoms with Crippen LogP contribution in [0.1, 0.15) is 5.56 Å². The highest BCUT2D eigenvalue weighted by Crippen LogP contribution is 2.25. The Bertz CT molecular complexity index is 1190. The lowest BCUT2D eigenvalue weighted by Gasteiger charge is -2.09. The number of H-pyrrole nitrogens is 1. The van der Waals surface area contributed by atoms with Crippen LogP contribution in [0.15, 0.2) is 59.1 Å². The summed E-state index contributed by atoms with van der Waals surface area (Å²) in [6, 6.07) is 9.18.